The van der Waals surface area contributed by atoms with Gasteiger partial charge < -0.3 is 10.6 Å². The van der Waals surface area contributed by atoms with Crippen LogP contribution in [0.3, 0.4) is 0 Å². The quantitative estimate of drug-likeness (QED) is 0.854. The first-order chi connectivity index (χ1) is 9.06. The molecule has 0 aliphatic carbocycles. The van der Waals surface area contributed by atoms with Crippen molar-refractivity contribution in [1.82, 2.24) is 0 Å². The zero-order chi connectivity index (χ0) is 14.3. The Kier molecular flexibility index (Phi) is 5.06. The third-order valence-electron chi connectivity index (χ3n) is 2.27. The van der Waals surface area contributed by atoms with E-state index in [1.807, 2.05) is 0 Å². The Balaban J connectivity index is 2.83. The molecule has 6 heteroatoms. The van der Waals surface area contributed by atoms with Crippen LogP contribution in [-0.4, -0.2) is 11.8 Å². The van der Waals surface area contributed by atoms with Gasteiger partial charge in [-0.3, -0.25) is 9.59 Å². The van der Waals surface area contributed by atoms with E-state index in [1.165, 1.54) is 0 Å². The SMILES string of the molecule is Cc1ccc(NC(=O)CC#N)cc1NC(=O)CC#N. The molecule has 1 aromatic rings. The molecule has 0 spiro atoms. The molecule has 19 heavy (non-hydrogen) atoms. The molecule has 2 N–H and O–H groups in total. The lowest BCUT2D eigenvalue weighted by atomic mass is 10.1. The Bertz CT molecular complexity index is 581. The smallest absolute Gasteiger partial charge is 0.238 e. The van der Waals surface area contributed by atoms with Crippen molar-refractivity contribution >= 4 is 23.2 Å². The van der Waals surface area contributed by atoms with Gasteiger partial charge in [-0.25, -0.2) is 0 Å². The first kappa shape index (κ1) is 14.2. The number of carbonyl (C=O) groups excluding carboxylic acids is 2. The van der Waals surface area contributed by atoms with Crippen LogP contribution in [0, 0.1) is 29.6 Å². The Hall–Kier alpha value is -2.86. The van der Waals surface area contributed by atoms with Crippen LogP contribution in [0.1, 0.15) is 18.4 Å². The molecule has 6 nitrogen and oxygen atoms in total. The van der Waals surface area contributed by atoms with Gasteiger partial charge in [-0.15, -0.1) is 0 Å². The van der Waals surface area contributed by atoms with Gasteiger partial charge in [-0.2, -0.15) is 10.5 Å². The second-order valence-electron chi connectivity index (χ2n) is 3.80. The highest BCUT2D eigenvalue weighted by molar-refractivity contribution is 5.95. The van der Waals surface area contributed by atoms with Gasteiger partial charge in [0.2, 0.25) is 11.8 Å². The van der Waals surface area contributed by atoms with E-state index in [-0.39, 0.29) is 12.8 Å². The predicted molar refractivity (Wildman–Crippen MR) is 68.9 cm³/mol. The molecule has 0 aliphatic heterocycles. The van der Waals surface area contributed by atoms with Crippen molar-refractivity contribution in [3.63, 3.8) is 0 Å². The summed E-state index contributed by atoms with van der Waals surface area (Å²) in [6.07, 6.45) is -0.464. The van der Waals surface area contributed by atoms with E-state index in [2.05, 4.69) is 10.6 Å². The summed E-state index contributed by atoms with van der Waals surface area (Å²) in [5.41, 5.74) is 1.82. The van der Waals surface area contributed by atoms with Gasteiger partial charge in [0, 0.05) is 11.4 Å². The molecule has 1 rings (SSSR count). The number of hydrogen-bond acceptors (Lipinski definition) is 4. The molecule has 0 aromatic heterocycles. The largest absolute Gasteiger partial charge is 0.325 e. The number of hydrogen-bond donors (Lipinski definition) is 2. The minimum atomic E-state index is -0.416. The Labute approximate surface area is 110 Å². The van der Waals surface area contributed by atoms with Crippen LogP contribution in [0.5, 0.6) is 0 Å². The number of nitriles is 2. The van der Waals surface area contributed by atoms with E-state index in [9.17, 15) is 9.59 Å². The van der Waals surface area contributed by atoms with E-state index in [0.29, 0.717) is 11.4 Å². The van der Waals surface area contributed by atoms with Gasteiger partial charge >= 0.3 is 0 Å². The van der Waals surface area contributed by atoms with Crippen LogP contribution >= 0.6 is 0 Å². The van der Waals surface area contributed by atoms with Crippen molar-refractivity contribution < 1.29 is 9.59 Å². The van der Waals surface area contributed by atoms with Crippen molar-refractivity contribution in [3.8, 4) is 12.1 Å². The van der Waals surface area contributed by atoms with Gasteiger partial charge in [0.15, 0.2) is 0 Å². The zero-order valence-corrected chi connectivity index (χ0v) is 10.4. The van der Waals surface area contributed by atoms with Gasteiger partial charge in [0.25, 0.3) is 0 Å². The lowest BCUT2D eigenvalue weighted by molar-refractivity contribution is -0.116. The Morgan fingerprint density at radius 3 is 2.26 bits per heavy atom. The minimum absolute atomic E-state index is 0.232. The summed E-state index contributed by atoms with van der Waals surface area (Å²) in [5, 5.41) is 21.9. The predicted octanol–water partition coefficient (Wildman–Crippen LogP) is 1.70. The van der Waals surface area contributed by atoms with Crippen LogP contribution in [0.25, 0.3) is 0 Å². The first-order valence-electron chi connectivity index (χ1n) is 5.51. The molecule has 0 fully saturated rings. The number of aryl methyl sites for hydroxylation is 1. The van der Waals surface area contributed by atoms with Crippen LogP contribution < -0.4 is 10.6 Å². The molecule has 0 aliphatic rings. The summed E-state index contributed by atoms with van der Waals surface area (Å²) >= 11 is 0. The highest BCUT2D eigenvalue weighted by Gasteiger charge is 2.07. The molecule has 96 valence electrons. The summed E-state index contributed by atoms with van der Waals surface area (Å²) in [6.45, 7) is 1.79. The average Bonchev–Trinajstić information content (AvgIpc) is 2.34. The van der Waals surface area contributed by atoms with Crippen LogP contribution in [0.15, 0.2) is 18.2 Å². The summed E-state index contributed by atoms with van der Waals surface area (Å²) in [7, 11) is 0. The number of nitrogens with one attached hydrogen (secondary N) is 2. The fraction of sp³-hybridized carbons (Fsp3) is 0.231. The number of rotatable bonds is 4. The molecule has 0 unspecified atom stereocenters. The summed E-state index contributed by atoms with van der Waals surface area (Å²) in [6, 6.07) is 8.48. The monoisotopic (exact) mass is 256 g/mol. The molecule has 0 saturated heterocycles. The number of anilines is 2. The van der Waals surface area contributed by atoms with Crippen LogP contribution in [-0.2, 0) is 9.59 Å². The highest BCUT2D eigenvalue weighted by Crippen LogP contribution is 2.20. The summed E-state index contributed by atoms with van der Waals surface area (Å²) in [4.78, 5) is 22.6. The number of carbonyl (C=O) groups is 2. The molecule has 0 heterocycles. The van der Waals surface area contributed by atoms with Gasteiger partial charge in [-0.05, 0) is 24.6 Å². The van der Waals surface area contributed by atoms with Crippen LogP contribution in [0.4, 0.5) is 11.4 Å². The maximum atomic E-state index is 11.3. The van der Waals surface area contributed by atoms with E-state index in [4.69, 9.17) is 10.5 Å². The number of benzene rings is 1. The number of nitrogens with zero attached hydrogens (tertiary/aromatic N) is 2. The normalized spacial score (nSPS) is 9.00. The second kappa shape index (κ2) is 6.77. The fourth-order valence-electron chi connectivity index (χ4n) is 1.38. The molecule has 0 radical (unpaired) electrons. The Morgan fingerprint density at radius 1 is 1.11 bits per heavy atom. The maximum Gasteiger partial charge on any atom is 0.238 e. The van der Waals surface area contributed by atoms with Crippen molar-refractivity contribution in [2.75, 3.05) is 10.6 Å². The lowest BCUT2D eigenvalue weighted by Gasteiger charge is -2.10. The van der Waals surface area contributed by atoms with E-state index in [1.54, 1.807) is 37.3 Å². The topological polar surface area (TPSA) is 106 Å². The average molecular weight is 256 g/mol. The lowest BCUT2D eigenvalue weighted by Crippen LogP contribution is -2.13. The highest BCUT2D eigenvalue weighted by atomic mass is 16.2. The Morgan fingerprint density at radius 2 is 1.68 bits per heavy atom. The molecule has 0 saturated carbocycles. The van der Waals surface area contributed by atoms with E-state index in [0.717, 1.165) is 5.56 Å². The molecule has 2 amide bonds. The van der Waals surface area contributed by atoms with Gasteiger partial charge in [-0.1, -0.05) is 6.07 Å². The maximum absolute atomic E-state index is 11.3. The second-order valence-corrected chi connectivity index (χ2v) is 3.80. The third kappa shape index (κ3) is 4.49. The molecule has 0 atom stereocenters. The fourth-order valence-corrected chi connectivity index (χ4v) is 1.38. The van der Waals surface area contributed by atoms with Crippen molar-refractivity contribution in [3.05, 3.63) is 23.8 Å². The van der Waals surface area contributed by atoms with Crippen molar-refractivity contribution in [2.24, 2.45) is 0 Å². The minimum Gasteiger partial charge on any atom is -0.325 e. The molecule has 1 aromatic carbocycles. The summed E-state index contributed by atoms with van der Waals surface area (Å²) < 4.78 is 0. The molecule has 0 bridgehead atoms. The zero-order valence-electron chi connectivity index (χ0n) is 10.4. The van der Waals surface area contributed by atoms with Gasteiger partial charge in [0.1, 0.15) is 12.8 Å². The van der Waals surface area contributed by atoms with Crippen molar-refractivity contribution in [1.29, 1.82) is 10.5 Å². The first-order valence-corrected chi connectivity index (χ1v) is 5.51. The summed E-state index contributed by atoms with van der Waals surface area (Å²) in [5.74, 6) is -0.827. The van der Waals surface area contributed by atoms with Crippen molar-refractivity contribution in [2.45, 2.75) is 19.8 Å². The van der Waals surface area contributed by atoms with Crippen LogP contribution in [0.2, 0.25) is 0 Å². The van der Waals surface area contributed by atoms with Gasteiger partial charge in [0.05, 0.1) is 12.1 Å². The van der Waals surface area contributed by atoms with E-state index < -0.39 is 11.8 Å². The molecular formula is C13H12N4O2. The van der Waals surface area contributed by atoms with E-state index >= 15 is 0 Å². The number of amides is 2. The third-order valence-corrected chi connectivity index (χ3v) is 2.27. The standard InChI is InChI=1S/C13H12N4O2/c1-9-2-3-10(16-12(18)4-6-14)8-11(9)17-13(19)5-7-15/h2-3,8H,4-5H2,1H3,(H,16,18)(H,17,19). The molecular weight excluding hydrogens is 244 g/mol.